The number of unbranched alkanes of at least 4 members (excludes halogenated alkanes) is 5. The Labute approximate surface area is 114 Å². The van der Waals surface area contributed by atoms with Gasteiger partial charge in [0.15, 0.2) is 0 Å². The van der Waals surface area contributed by atoms with Crippen LogP contribution in [-0.2, 0) is 4.74 Å². The fourth-order valence-electron chi connectivity index (χ4n) is 2.59. The van der Waals surface area contributed by atoms with Crippen LogP contribution in [0.15, 0.2) is 0 Å². The van der Waals surface area contributed by atoms with Crippen molar-refractivity contribution < 1.29 is 4.74 Å². The average Bonchev–Trinajstić information content (AvgIpc) is 2.30. The maximum Gasteiger partial charge on any atom is 0.0785 e. The third kappa shape index (κ3) is 7.34. The highest BCUT2D eigenvalue weighted by atomic mass is 16.5. The third-order valence-electron chi connectivity index (χ3n) is 3.56. The number of hydrogen-bond donors (Lipinski definition) is 2. The molecule has 0 aliphatic heterocycles. The van der Waals surface area contributed by atoms with Crippen LogP contribution in [0, 0.1) is 5.41 Å². The van der Waals surface area contributed by atoms with Gasteiger partial charge < -0.3 is 4.74 Å². The highest BCUT2D eigenvalue weighted by molar-refractivity contribution is 4.84. The van der Waals surface area contributed by atoms with Crippen LogP contribution in [-0.4, -0.2) is 19.3 Å². The van der Waals surface area contributed by atoms with Gasteiger partial charge in [-0.3, -0.25) is 11.3 Å². The first-order valence-electron chi connectivity index (χ1n) is 7.46. The van der Waals surface area contributed by atoms with Gasteiger partial charge in [0.1, 0.15) is 0 Å². The van der Waals surface area contributed by atoms with Crippen molar-refractivity contribution in [2.75, 3.05) is 7.11 Å². The Bertz CT molecular complexity index is 189. The zero-order chi connectivity index (χ0) is 14.0. The van der Waals surface area contributed by atoms with Crippen LogP contribution in [0.25, 0.3) is 0 Å². The van der Waals surface area contributed by atoms with Gasteiger partial charge in [0, 0.05) is 13.2 Å². The van der Waals surface area contributed by atoms with Crippen LogP contribution in [0.5, 0.6) is 0 Å². The molecule has 18 heavy (non-hydrogen) atoms. The molecule has 0 saturated carbocycles. The van der Waals surface area contributed by atoms with E-state index < -0.39 is 0 Å². The van der Waals surface area contributed by atoms with Gasteiger partial charge >= 0.3 is 0 Å². The van der Waals surface area contributed by atoms with Crippen molar-refractivity contribution in [2.24, 2.45) is 11.3 Å². The molecule has 0 aliphatic carbocycles. The molecule has 3 nitrogen and oxygen atoms in total. The van der Waals surface area contributed by atoms with E-state index in [4.69, 9.17) is 10.6 Å². The smallest absolute Gasteiger partial charge is 0.0785 e. The molecule has 0 heterocycles. The van der Waals surface area contributed by atoms with Gasteiger partial charge in [-0.1, -0.05) is 66.2 Å². The minimum Gasteiger partial charge on any atom is -0.379 e. The second-order valence-electron chi connectivity index (χ2n) is 6.35. The lowest BCUT2D eigenvalue weighted by molar-refractivity contribution is -0.0137. The fraction of sp³-hybridized carbons (Fsp3) is 1.00. The summed E-state index contributed by atoms with van der Waals surface area (Å²) in [4.78, 5) is 0. The molecule has 0 saturated heterocycles. The van der Waals surface area contributed by atoms with Crippen LogP contribution in [0.2, 0.25) is 0 Å². The first kappa shape index (κ1) is 17.9. The molecule has 110 valence electrons. The molecule has 2 atom stereocenters. The van der Waals surface area contributed by atoms with E-state index >= 15 is 0 Å². The summed E-state index contributed by atoms with van der Waals surface area (Å²) in [6.45, 7) is 8.85. The zero-order valence-electron chi connectivity index (χ0n) is 13.1. The minimum atomic E-state index is 0.119. The van der Waals surface area contributed by atoms with Gasteiger partial charge in [-0.25, -0.2) is 0 Å². The molecule has 0 aromatic heterocycles. The number of hydrogen-bond acceptors (Lipinski definition) is 3. The Balaban J connectivity index is 3.95. The van der Waals surface area contributed by atoms with E-state index in [0.717, 1.165) is 6.42 Å². The maximum absolute atomic E-state index is 5.68. The van der Waals surface area contributed by atoms with Gasteiger partial charge in [0.2, 0.25) is 0 Å². The second-order valence-corrected chi connectivity index (χ2v) is 6.35. The normalized spacial score (nSPS) is 15.7. The largest absolute Gasteiger partial charge is 0.379 e. The lowest BCUT2D eigenvalue weighted by atomic mass is 9.83. The van der Waals surface area contributed by atoms with Gasteiger partial charge in [-0.15, -0.1) is 0 Å². The van der Waals surface area contributed by atoms with Crippen molar-refractivity contribution in [3.8, 4) is 0 Å². The highest BCUT2D eigenvalue weighted by Crippen LogP contribution is 2.26. The Morgan fingerprint density at radius 1 is 1.06 bits per heavy atom. The Hall–Kier alpha value is -0.120. The van der Waals surface area contributed by atoms with Gasteiger partial charge in [-0.05, 0) is 11.8 Å². The monoisotopic (exact) mass is 258 g/mol. The zero-order valence-corrected chi connectivity index (χ0v) is 13.1. The summed E-state index contributed by atoms with van der Waals surface area (Å²) in [7, 11) is 1.78. The Kier molecular flexibility index (Phi) is 9.70. The summed E-state index contributed by atoms with van der Waals surface area (Å²) in [5.41, 5.74) is 3.06. The van der Waals surface area contributed by atoms with E-state index in [0.29, 0.717) is 0 Å². The van der Waals surface area contributed by atoms with Crippen molar-refractivity contribution in [3.05, 3.63) is 0 Å². The van der Waals surface area contributed by atoms with Crippen LogP contribution in [0.4, 0.5) is 0 Å². The second kappa shape index (κ2) is 9.76. The van der Waals surface area contributed by atoms with Crippen LogP contribution < -0.4 is 11.3 Å². The lowest BCUT2D eigenvalue weighted by Crippen LogP contribution is -2.50. The van der Waals surface area contributed by atoms with Crippen molar-refractivity contribution in [1.29, 1.82) is 0 Å². The van der Waals surface area contributed by atoms with E-state index in [1.807, 2.05) is 0 Å². The Morgan fingerprint density at radius 3 is 2.06 bits per heavy atom. The molecule has 0 amide bonds. The maximum atomic E-state index is 5.68. The number of methoxy groups -OCH3 is 1. The first-order valence-corrected chi connectivity index (χ1v) is 7.46. The highest BCUT2D eigenvalue weighted by Gasteiger charge is 2.31. The number of ether oxygens (including phenoxy) is 1. The minimum absolute atomic E-state index is 0.119. The van der Waals surface area contributed by atoms with Crippen molar-refractivity contribution in [3.63, 3.8) is 0 Å². The SMILES string of the molecule is CCCCCCCCC(NN)C(OC)C(C)(C)C. The summed E-state index contributed by atoms with van der Waals surface area (Å²) >= 11 is 0. The van der Waals surface area contributed by atoms with Crippen molar-refractivity contribution in [2.45, 2.75) is 84.8 Å². The molecule has 0 aromatic rings. The quantitative estimate of drug-likeness (QED) is 0.357. The summed E-state index contributed by atoms with van der Waals surface area (Å²) in [6.07, 6.45) is 9.18. The van der Waals surface area contributed by atoms with Gasteiger partial charge in [-0.2, -0.15) is 0 Å². The predicted octanol–water partition coefficient (Wildman–Crippen LogP) is 3.63. The van der Waals surface area contributed by atoms with E-state index in [9.17, 15) is 0 Å². The van der Waals surface area contributed by atoms with Crippen LogP contribution >= 0.6 is 0 Å². The lowest BCUT2D eigenvalue weighted by Gasteiger charge is -2.35. The molecule has 0 aromatic carbocycles. The number of rotatable bonds is 10. The van der Waals surface area contributed by atoms with Gasteiger partial charge in [0.05, 0.1) is 6.10 Å². The van der Waals surface area contributed by atoms with E-state index in [1.54, 1.807) is 7.11 Å². The number of nitrogens with one attached hydrogen (secondary N) is 1. The van der Waals surface area contributed by atoms with Gasteiger partial charge in [0.25, 0.3) is 0 Å². The number of nitrogens with two attached hydrogens (primary N) is 1. The topological polar surface area (TPSA) is 47.3 Å². The molecule has 0 bridgehead atoms. The predicted molar refractivity (Wildman–Crippen MR) is 79.4 cm³/mol. The molecular formula is C15H34N2O. The molecule has 3 heteroatoms. The molecule has 3 N–H and O–H groups in total. The molecule has 0 spiro atoms. The number of hydrazine groups is 1. The summed E-state index contributed by atoms with van der Waals surface area (Å²) in [5.74, 6) is 5.68. The molecule has 0 rings (SSSR count). The Morgan fingerprint density at radius 2 is 1.61 bits per heavy atom. The third-order valence-corrected chi connectivity index (χ3v) is 3.56. The molecule has 0 fully saturated rings. The van der Waals surface area contributed by atoms with E-state index in [2.05, 4.69) is 33.1 Å². The molecule has 2 unspecified atom stereocenters. The van der Waals surface area contributed by atoms with Crippen LogP contribution in [0.1, 0.15) is 72.6 Å². The molecular weight excluding hydrogens is 224 g/mol. The van der Waals surface area contributed by atoms with E-state index in [-0.39, 0.29) is 17.6 Å². The van der Waals surface area contributed by atoms with Crippen LogP contribution in [0.3, 0.4) is 0 Å². The van der Waals surface area contributed by atoms with Crippen molar-refractivity contribution >= 4 is 0 Å². The standard InChI is InChI=1S/C15H34N2O/c1-6-7-8-9-10-11-12-13(17-16)14(18-5)15(2,3)4/h13-14,17H,6-12,16H2,1-5H3. The summed E-state index contributed by atoms with van der Waals surface area (Å²) < 4.78 is 5.62. The fourth-order valence-corrected chi connectivity index (χ4v) is 2.59. The first-order chi connectivity index (χ1) is 8.47. The average molecular weight is 258 g/mol. The summed E-state index contributed by atoms with van der Waals surface area (Å²) in [5, 5.41) is 0. The summed E-state index contributed by atoms with van der Waals surface area (Å²) in [6, 6.07) is 0.251. The molecule has 0 aliphatic rings. The van der Waals surface area contributed by atoms with E-state index in [1.165, 1.54) is 38.5 Å². The molecule has 0 radical (unpaired) electrons. The van der Waals surface area contributed by atoms with Crippen molar-refractivity contribution in [1.82, 2.24) is 5.43 Å².